The summed E-state index contributed by atoms with van der Waals surface area (Å²) < 4.78 is 23.2. The van der Waals surface area contributed by atoms with Crippen LogP contribution in [0.5, 0.6) is 0 Å². The van der Waals surface area contributed by atoms with Crippen molar-refractivity contribution in [3.8, 4) is 11.3 Å². The lowest BCUT2D eigenvalue weighted by Gasteiger charge is -2.09. The van der Waals surface area contributed by atoms with Crippen molar-refractivity contribution >= 4 is 15.7 Å². The van der Waals surface area contributed by atoms with Crippen molar-refractivity contribution in [1.82, 2.24) is 15.2 Å². The van der Waals surface area contributed by atoms with E-state index in [1.165, 1.54) is 6.26 Å². The monoisotopic (exact) mass is 266 g/mol. The Kier molecular flexibility index (Phi) is 3.08. The number of nitrogen functional groups attached to an aromatic ring is 1. The first-order chi connectivity index (χ1) is 8.41. The molecule has 2 aromatic heterocycles. The van der Waals surface area contributed by atoms with Crippen LogP contribution in [0.15, 0.2) is 24.4 Å². The van der Waals surface area contributed by atoms with Crippen LogP contribution in [0.2, 0.25) is 0 Å². The molecule has 0 fully saturated rings. The lowest BCUT2D eigenvalue weighted by molar-refractivity contribution is 0.591. The van der Waals surface area contributed by atoms with Gasteiger partial charge < -0.3 is 5.73 Å². The van der Waals surface area contributed by atoms with Crippen molar-refractivity contribution in [3.05, 3.63) is 30.1 Å². The number of H-pyrrole nitrogens is 1. The standard InChI is InChI=1S/C11H14N4O2S/c1-7(18(2,16)17)10-9(11(12)15-14-10)8-5-3-4-6-13-8/h3-7H,1-2H3,(H3,12,14,15). The molecule has 1 atom stereocenters. The zero-order valence-corrected chi connectivity index (χ0v) is 10.9. The molecule has 1 unspecified atom stereocenters. The fourth-order valence-electron chi connectivity index (χ4n) is 1.66. The number of sulfone groups is 1. The summed E-state index contributed by atoms with van der Waals surface area (Å²) in [4.78, 5) is 4.17. The predicted molar refractivity (Wildman–Crippen MR) is 69.5 cm³/mol. The Labute approximate surface area is 105 Å². The van der Waals surface area contributed by atoms with E-state index in [0.29, 0.717) is 17.0 Å². The van der Waals surface area contributed by atoms with Crippen molar-refractivity contribution in [2.75, 3.05) is 12.0 Å². The van der Waals surface area contributed by atoms with Gasteiger partial charge in [0.2, 0.25) is 0 Å². The highest BCUT2D eigenvalue weighted by Gasteiger charge is 2.25. The third-order valence-electron chi connectivity index (χ3n) is 2.79. The highest BCUT2D eigenvalue weighted by Crippen LogP contribution is 2.32. The number of rotatable bonds is 3. The molecule has 0 radical (unpaired) electrons. The Morgan fingerprint density at radius 1 is 1.39 bits per heavy atom. The van der Waals surface area contributed by atoms with Gasteiger partial charge in [-0.05, 0) is 19.1 Å². The van der Waals surface area contributed by atoms with Gasteiger partial charge in [0.05, 0.1) is 17.0 Å². The number of aromatic nitrogens is 3. The third-order valence-corrected chi connectivity index (χ3v) is 4.31. The maximum absolute atomic E-state index is 11.6. The Balaban J connectivity index is 2.60. The molecule has 18 heavy (non-hydrogen) atoms. The van der Waals surface area contributed by atoms with E-state index in [2.05, 4.69) is 15.2 Å². The highest BCUT2D eigenvalue weighted by atomic mass is 32.2. The van der Waals surface area contributed by atoms with Gasteiger partial charge in [-0.1, -0.05) is 6.07 Å². The maximum atomic E-state index is 11.6. The normalized spacial score (nSPS) is 13.4. The molecule has 2 aromatic rings. The Morgan fingerprint density at radius 3 is 2.67 bits per heavy atom. The van der Waals surface area contributed by atoms with Gasteiger partial charge in [-0.2, -0.15) is 5.10 Å². The van der Waals surface area contributed by atoms with Gasteiger partial charge in [-0.15, -0.1) is 0 Å². The Morgan fingerprint density at radius 2 is 2.11 bits per heavy atom. The highest BCUT2D eigenvalue weighted by molar-refractivity contribution is 7.90. The minimum Gasteiger partial charge on any atom is -0.382 e. The first kappa shape index (κ1) is 12.6. The van der Waals surface area contributed by atoms with E-state index in [-0.39, 0.29) is 5.82 Å². The summed E-state index contributed by atoms with van der Waals surface area (Å²) in [6.07, 6.45) is 2.80. The number of nitrogens with two attached hydrogens (primary N) is 1. The van der Waals surface area contributed by atoms with E-state index in [1.807, 2.05) is 6.07 Å². The van der Waals surface area contributed by atoms with Crippen molar-refractivity contribution in [2.45, 2.75) is 12.2 Å². The van der Waals surface area contributed by atoms with Crippen LogP contribution in [0.1, 0.15) is 17.9 Å². The molecule has 2 rings (SSSR count). The second-order valence-electron chi connectivity index (χ2n) is 4.08. The van der Waals surface area contributed by atoms with E-state index in [9.17, 15) is 8.42 Å². The van der Waals surface area contributed by atoms with Crippen LogP contribution in [0.25, 0.3) is 11.3 Å². The molecule has 0 saturated heterocycles. The minimum atomic E-state index is -3.23. The second kappa shape index (κ2) is 4.41. The summed E-state index contributed by atoms with van der Waals surface area (Å²) in [7, 11) is -3.23. The quantitative estimate of drug-likeness (QED) is 0.868. The lowest BCUT2D eigenvalue weighted by Crippen LogP contribution is -2.09. The number of nitrogens with zero attached hydrogens (tertiary/aromatic N) is 2. The summed E-state index contributed by atoms with van der Waals surface area (Å²) in [5, 5.41) is 5.85. The molecule has 0 saturated carbocycles. The second-order valence-corrected chi connectivity index (χ2v) is 6.45. The van der Waals surface area contributed by atoms with Crippen LogP contribution in [0.3, 0.4) is 0 Å². The van der Waals surface area contributed by atoms with Crippen LogP contribution < -0.4 is 5.73 Å². The predicted octanol–water partition coefficient (Wildman–Crippen LogP) is 1.16. The molecule has 0 spiro atoms. The molecule has 3 N–H and O–H groups in total. The summed E-state index contributed by atoms with van der Waals surface area (Å²) in [5.41, 5.74) is 7.40. The molecule has 0 aromatic carbocycles. The number of anilines is 1. The number of hydrogen-bond acceptors (Lipinski definition) is 5. The van der Waals surface area contributed by atoms with E-state index in [4.69, 9.17) is 5.73 Å². The van der Waals surface area contributed by atoms with Crippen LogP contribution in [0, 0.1) is 0 Å². The number of hydrogen-bond donors (Lipinski definition) is 2. The van der Waals surface area contributed by atoms with Crippen molar-refractivity contribution in [1.29, 1.82) is 0 Å². The molecule has 0 bridgehead atoms. The van der Waals surface area contributed by atoms with Gasteiger partial charge in [-0.25, -0.2) is 8.42 Å². The van der Waals surface area contributed by atoms with Crippen LogP contribution >= 0.6 is 0 Å². The van der Waals surface area contributed by atoms with Crippen molar-refractivity contribution in [2.24, 2.45) is 0 Å². The topological polar surface area (TPSA) is 102 Å². The summed E-state index contributed by atoms with van der Waals surface area (Å²) >= 11 is 0. The summed E-state index contributed by atoms with van der Waals surface area (Å²) in [6.45, 7) is 1.59. The Bertz CT molecular complexity index is 649. The lowest BCUT2D eigenvalue weighted by atomic mass is 10.1. The van der Waals surface area contributed by atoms with E-state index in [0.717, 1.165) is 0 Å². The van der Waals surface area contributed by atoms with Crippen LogP contribution in [-0.4, -0.2) is 29.9 Å². The van der Waals surface area contributed by atoms with E-state index >= 15 is 0 Å². The average Bonchev–Trinajstić information content (AvgIpc) is 2.70. The van der Waals surface area contributed by atoms with E-state index in [1.54, 1.807) is 25.3 Å². The molecule has 0 amide bonds. The molecule has 0 aliphatic carbocycles. The zero-order chi connectivity index (χ0) is 13.3. The third kappa shape index (κ3) is 2.21. The molecule has 0 aliphatic heterocycles. The fraction of sp³-hybridized carbons (Fsp3) is 0.273. The number of pyridine rings is 1. The molecule has 7 heteroatoms. The van der Waals surface area contributed by atoms with E-state index < -0.39 is 15.1 Å². The maximum Gasteiger partial charge on any atom is 0.155 e. The summed E-state index contributed by atoms with van der Waals surface area (Å²) in [6, 6.07) is 5.35. The average molecular weight is 266 g/mol. The van der Waals surface area contributed by atoms with Gasteiger partial charge >= 0.3 is 0 Å². The molecule has 0 aliphatic rings. The van der Waals surface area contributed by atoms with Crippen molar-refractivity contribution < 1.29 is 8.42 Å². The van der Waals surface area contributed by atoms with Crippen LogP contribution in [-0.2, 0) is 9.84 Å². The molecular weight excluding hydrogens is 252 g/mol. The first-order valence-electron chi connectivity index (χ1n) is 5.35. The zero-order valence-electron chi connectivity index (χ0n) is 10.1. The largest absolute Gasteiger partial charge is 0.382 e. The SMILES string of the molecule is CC(c1[nH]nc(N)c1-c1ccccn1)S(C)(=O)=O. The van der Waals surface area contributed by atoms with Gasteiger partial charge in [0, 0.05) is 12.5 Å². The molecule has 6 nitrogen and oxygen atoms in total. The smallest absolute Gasteiger partial charge is 0.155 e. The molecule has 2 heterocycles. The minimum absolute atomic E-state index is 0.249. The number of aromatic amines is 1. The fourth-order valence-corrected chi connectivity index (χ4v) is 2.26. The molecule has 96 valence electrons. The van der Waals surface area contributed by atoms with Crippen molar-refractivity contribution in [3.63, 3.8) is 0 Å². The first-order valence-corrected chi connectivity index (χ1v) is 7.30. The number of nitrogens with one attached hydrogen (secondary N) is 1. The summed E-state index contributed by atoms with van der Waals surface area (Å²) in [5.74, 6) is 0.249. The van der Waals surface area contributed by atoms with Gasteiger partial charge in [0.15, 0.2) is 15.7 Å². The van der Waals surface area contributed by atoms with Gasteiger partial charge in [0.1, 0.15) is 5.25 Å². The molecular formula is C11H14N4O2S. The van der Waals surface area contributed by atoms with Crippen LogP contribution in [0.4, 0.5) is 5.82 Å². The van der Waals surface area contributed by atoms with Gasteiger partial charge in [0.25, 0.3) is 0 Å². The Hall–Kier alpha value is -1.89. The van der Waals surface area contributed by atoms with Gasteiger partial charge in [-0.3, -0.25) is 10.1 Å².